The fraction of sp³-hybridized carbons (Fsp3) is 0.591. The first kappa shape index (κ1) is 21.6. The van der Waals surface area contributed by atoms with Crippen LogP contribution in [0.1, 0.15) is 42.1 Å². The summed E-state index contributed by atoms with van der Waals surface area (Å²) in [6, 6.07) is 5.05. The molecule has 3 aliphatic heterocycles. The fourth-order valence-corrected chi connectivity index (χ4v) is 4.38. The van der Waals surface area contributed by atoms with E-state index in [1.165, 1.54) is 0 Å². The molecule has 3 N–H and O–H groups in total. The van der Waals surface area contributed by atoms with E-state index in [9.17, 15) is 14.4 Å². The third-order valence-electron chi connectivity index (χ3n) is 6.25. The van der Waals surface area contributed by atoms with E-state index in [0.717, 1.165) is 11.3 Å². The number of likely N-dealkylation sites (tertiary alicyclic amines) is 1. The predicted octanol–water partition coefficient (Wildman–Crippen LogP) is 0.779. The molecule has 0 saturated carbocycles. The highest BCUT2D eigenvalue weighted by Crippen LogP contribution is 2.32. The van der Waals surface area contributed by atoms with E-state index >= 15 is 0 Å². The first-order valence-electron chi connectivity index (χ1n) is 10.8. The van der Waals surface area contributed by atoms with Crippen LogP contribution in [-0.4, -0.2) is 73.3 Å². The lowest BCUT2D eigenvalue weighted by molar-refractivity contribution is -0.140. The van der Waals surface area contributed by atoms with E-state index in [4.69, 9.17) is 9.47 Å². The number of aryl methyl sites for hydroxylation is 1. The lowest BCUT2D eigenvalue weighted by Gasteiger charge is -2.40. The van der Waals surface area contributed by atoms with Gasteiger partial charge < -0.3 is 30.3 Å². The normalized spacial score (nSPS) is 27.0. The van der Waals surface area contributed by atoms with Crippen LogP contribution in [0, 0.1) is 6.92 Å². The maximum Gasteiger partial charge on any atom is 0.255 e. The minimum Gasteiger partial charge on any atom is -0.376 e. The Bertz CT molecular complexity index is 869. The van der Waals surface area contributed by atoms with E-state index < -0.39 is 11.7 Å². The molecule has 2 saturated heterocycles. The zero-order valence-corrected chi connectivity index (χ0v) is 18.0. The van der Waals surface area contributed by atoms with Gasteiger partial charge in [0.1, 0.15) is 11.7 Å². The van der Waals surface area contributed by atoms with Crippen molar-refractivity contribution in [3.8, 4) is 0 Å². The third kappa shape index (κ3) is 4.67. The molecule has 31 heavy (non-hydrogen) atoms. The van der Waals surface area contributed by atoms with E-state index in [1.807, 2.05) is 25.1 Å². The molecule has 3 amide bonds. The van der Waals surface area contributed by atoms with Crippen LogP contribution in [0.2, 0.25) is 0 Å². The number of nitrogens with one attached hydrogen (secondary N) is 3. The highest BCUT2D eigenvalue weighted by atomic mass is 16.6. The standard InChI is InChI=1S/C22H30N4O5/c1-14-3-4-17-18(11-14)24-22(25-21(17)29)6-5-19(27)26(8-7-22)15(2)20(28)23-12-16-13-30-9-10-31-16/h3-4,11,15-16,24H,5-10,12-13H2,1-2H3,(H,23,28)(H,25,29). The van der Waals surface area contributed by atoms with Gasteiger partial charge in [0, 0.05) is 31.6 Å². The average molecular weight is 431 g/mol. The van der Waals surface area contributed by atoms with Gasteiger partial charge >= 0.3 is 0 Å². The third-order valence-corrected chi connectivity index (χ3v) is 6.25. The minimum absolute atomic E-state index is 0.0946. The van der Waals surface area contributed by atoms with Gasteiger partial charge in [0.25, 0.3) is 5.91 Å². The number of rotatable bonds is 4. The summed E-state index contributed by atoms with van der Waals surface area (Å²) in [5.41, 5.74) is 1.74. The molecule has 3 atom stereocenters. The molecule has 3 unspecified atom stereocenters. The second-order valence-electron chi connectivity index (χ2n) is 8.54. The van der Waals surface area contributed by atoms with Gasteiger partial charge in [-0.1, -0.05) is 6.07 Å². The van der Waals surface area contributed by atoms with Crippen LogP contribution in [0.15, 0.2) is 18.2 Å². The lowest BCUT2D eigenvalue weighted by Crippen LogP contribution is -2.58. The molecule has 3 aliphatic rings. The summed E-state index contributed by atoms with van der Waals surface area (Å²) in [5.74, 6) is -0.460. The Morgan fingerprint density at radius 3 is 2.90 bits per heavy atom. The van der Waals surface area contributed by atoms with Gasteiger partial charge in [-0.15, -0.1) is 0 Å². The second kappa shape index (κ2) is 8.84. The highest BCUT2D eigenvalue weighted by molar-refractivity contribution is 6.02. The predicted molar refractivity (Wildman–Crippen MR) is 114 cm³/mol. The number of benzene rings is 1. The maximum atomic E-state index is 12.8. The molecule has 1 aromatic rings. The summed E-state index contributed by atoms with van der Waals surface area (Å²) in [5, 5.41) is 9.39. The average Bonchev–Trinajstić information content (AvgIpc) is 2.91. The van der Waals surface area contributed by atoms with Crippen molar-refractivity contribution in [2.24, 2.45) is 0 Å². The van der Waals surface area contributed by atoms with E-state index in [0.29, 0.717) is 51.3 Å². The van der Waals surface area contributed by atoms with E-state index in [2.05, 4.69) is 16.0 Å². The van der Waals surface area contributed by atoms with Crippen LogP contribution in [-0.2, 0) is 19.1 Å². The van der Waals surface area contributed by atoms with Crippen molar-refractivity contribution < 1.29 is 23.9 Å². The van der Waals surface area contributed by atoms with Crippen molar-refractivity contribution in [2.75, 3.05) is 38.2 Å². The number of ether oxygens (including phenoxy) is 2. The number of fused-ring (bicyclic) bond motifs is 1. The largest absolute Gasteiger partial charge is 0.376 e. The van der Waals surface area contributed by atoms with Gasteiger partial charge in [-0.2, -0.15) is 0 Å². The molecule has 4 rings (SSSR count). The van der Waals surface area contributed by atoms with Crippen molar-refractivity contribution >= 4 is 23.4 Å². The minimum atomic E-state index is -0.703. The molecule has 0 aliphatic carbocycles. The van der Waals surface area contributed by atoms with Crippen LogP contribution >= 0.6 is 0 Å². The molecule has 0 aromatic heterocycles. The Morgan fingerprint density at radius 2 is 2.13 bits per heavy atom. The second-order valence-corrected chi connectivity index (χ2v) is 8.54. The van der Waals surface area contributed by atoms with Gasteiger partial charge in [0.05, 0.1) is 31.5 Å². The number of amides is 3. The molecular formula is C22H30N4O5. The zero-order chi connectivity index (χ0) is 22.0. The Hall–Kier alpha value is -2.65. The van der Waals surface area contributed by atoms with Crippen LogP contribution in [0.4, 0.5) is 5.69 Å². The number of carbonyl (C=O) groups is 3. The number of hydrogen-bond donors (Lipinski definition) is 3. The molecular weight excluding hydrogens is 400 g/mol. The van der Waals surface area contributed by atoms with E-state index in [1.54, 1.807) is 11.8 Å². The van der Waals surface area contributed by atoms with Crippen molar-refractivity contribution in [3.63, 3.8) is 0 Å². The van der Waals surface area contributed by atoms with Gasteiger partial charge in [0.2, 0.25) is 11.8 Å². The van der Waals surface area contributed by atoms with Gasteiger partial charge in [0.15, 0.2) is 0 Å². The van der Waals surface area contributed by atoms with Crippen molar-refractivity contribution in [1.82, 2.24) is 15.5 Å². The van der Waals surface area contributed by atoms with Gasteiger partial charge in [-0.05, 0) is 38.0 Å². The molecule has 0 bridgehead atoms. The maximum absolute atomic E-state index is 12.8. The molecule has 9 heteroatoms. The first-order chi connectivity index (χ1) is 14.9. The number of carbonyl (C=O) groups excluding carboxylic acids is 3. The highest BCUT2D eigenvalue weighted by Gasteiger charge is 2.41. The molecule has 0 radical (unpaired) electrons. The molecule has 1 spiro atoms. The number of anilines is 1. The summed E-state index contributed by atoms with van der Waals surface area (Å²) in [7, 11) is 0. The van der Waals surface area contributed by atoms with Crippen molar-refractivity contribution in [3.05, 3.63) is 29.3 Å². The zero-order valence-electron chi connectivity index (χ0n) is 18.0. The Labute approximate surface area is 181 Å². The van der Waals surface area contributed by atoms with Crippen LogP contribution < -0.4 is 16.0 Å². The van der Waals surface area contributed by atoms with Crippen LogP contribution in [0.3, 0.4) is 0 Å². The fourth-order valence-electron chi connectivity index (χ4n) is 4.38. The monoisotopic (exact) mass is 430 g/mol. The Balaban J connectivity index is 1.40. The Morgan fingerprint density at radius 1 is 1.29 bits per heavy atom. The number of hydrogen-bond acceptors (Lipinski definition) is 6. The van der Waals surface area contributed by atoms with Crippen LogP contribution in [0.5, 0.6) is 0 Å². The summed E-state index contributed by atoms with van der Waals surface area (Å²) in [4.78, 5) is 39.8. The quantitative estimate of drug-likeness (QED) is 0.651. The number of nitrogens with zero attached hydrogens (tertiary/aromatic N) is 1. The lowest BCUT2D eigenvalue weighted by atomic mass is 9.94. The summed E-state index contributed by atoms with van der Waals surface area (Å²) in [6.45, 7) is 5.96. The van der Waals surface area contributed by atoms with Crippen molar-refractivity contribution in [2.45, 2.75) is 50.9 Å². The smallest absolute Gasteiger partial charge is 0.255 e. The Kier molecular flexibility index (Phi) is 6.15. The van der Waals surface area contributed by atoms with E-state index in [-0.39, 0.29) is 30.2 Å². The van der Waals surface area contributed by atoms with Crippen molar-refractivity contribution in [1.29, 1.82) is 0 Å². The molecule has 2 fully saturated rings. The summed E-state index contributed by atoms with van der Waals surface area (Å²) >= 11 is 0. The summed E-state index contributed by atoms with van der Waals surface area (Å²) in [6.07, 6.45) is 1.04. The SMILES string of the molecule is Cc1ccc2c(c1)NC1(CCC(=O)N(C(C)C(=O)NCC3COCCO3)CC1)NC2=O. The van der Waals surface area contributed by atoms with Gasteiger partial charge in [-0.3, -0.25) is 14.4 Å². The van der Waals surface area contributed by atoms with Gasteiger partial charge in [-0.25, -0.2) is 0 Å². The molecule has 168 valence electrons. The first-order valence-corrected chi connectivity index (χ1v) is 10.8. The molecule has 1 aromatic carbocycles. The summed E-state index contributed by atoms with van der Waals surface area (Å²) < 4.78 is 10.9. The van der Waals surface area contributed by atoms with Crippen LogP contribution in [0.25, 0.3) is 0 Å². The molecule has 9 nitrogen and oxygen atoms in total. The topological polar surface area (TPSA) is 109 Å². The molecule has 3 heterocycles.